The fourth-order valence-corrected chi connectivity index (χ4v) is 2.79. The van der Waals surface area contributed by atoms with Crippen LogP contribution >= 0.6 is 0 Å². The van der Waals surface area contributed by atoms with E-state index in [0.29, 0.717) is 0 Å². The average Bonchev–Trinajstić information content (AvgIpc) is 2.86. The van der Waals surface area contributed by atoms with Crippen LogP contribution in [0, 0.1) is 13.8 Å². The van der Waals surface area contributed by atoms with Crippen molar-refractivity contribution in [3.8, 4) is 5.75 Å². The number of aromatic nitrogens is 3. The lowest BCUT2D eigenvalue weighted by atomic mass is 10.1. The molecule has 0 bridgehead atoms. The Labute approximate surface area is 122 Å². The van der Waals surface area contributed by atoms with Gasteiger partial charge in [0, 0.05) is 29.0 Å². The summed E-state index contributed by atoms with van der Waals surface area (Å²) in [4.78, 5) is 4.80. The molecule has 21 heavy (non-hydrogen) atoms. The summed E-state index contributed by atoms with van der Waals surface area (Å²) in [7, 11) is 1.68. The molecule has 1 aromatic carbocycles. The molecule has 0 radical (unpaired) electrons. The molecule has 0 aliphatic heterocycles. The van der Waals surface area contributed by atoms with Gasteiger partial charge in [0.15, 0.2) is 0 Å². The standard InChI is InChI=1S/C17H15N3O/c1-10-8-16-17-14(6-7-20(16)19-11(10)2)13-5-4-12(21-3)9-15(13)18-17/h4-9H,1-3H3/p+1. The number of hydrogen-bond donors (Lipinski definition) is 1. The lowest BCUT2D eigenvalue weighted by Crippen LogP contribution is -2.27. The molecule has 1 N–H and O–H groups in total. The van der Waals surface area contributed by atoms with E-state index < -0.39 is 0 Å². The zero-order valence-corrected chi connectivity index (χ0v) is 12.3. The van der Waals surface area contributed by atoms with Gasteiger partial charge in [-0.3, -0.25) is 0 Å². The minimum Gasteiger partial charge on any atom is -0.497 e. The number of nitrogens with one attached hydrogen (secondary N) is 1. The first-order chi connectivity index (χ1) is 10.2. The van der Waals surface area contributed by atoms with Gasteiger partial charge in [-0.2, -0.15) is 5.10 Å². The lowest BCUT2D eigenvalue weighted by molar-refractivity contribution is -0.580. The summed E-state index contributed by atoms with van der Waals surface area (Å²) in [6.07, 6.45) is 2.05. The molecule has 0 aliphatic carbocycles. The Morgan fingerprint density at radius 3 is 2.76 bits per heavy atom. The fraction of sp³-hybridized carbons (Fsp3) is 0.176. The Bertz CT molecular complexity index is 1000. The number of rotatable bonds is 1. The Hall–Kier alpha value is -2.62. The van der Waals surface area contributed by atoms with Gasteiger partial charge in [0.2, 0.25) is 6.20 Å². The third-order valence-corrected chi connectivity index (χ3v) is 4.11. The Balaban J connectivity index is 2.17. The van der Waals surface area contributed by atoms with E-state index in [-0.39, 0.29) is 0 Å². The van der Waals surface area contributed by atoms with Gasteiger partial charge in [0.05, 0.1) is 18.3 Å². The maximum atomic E-state index is 5.29. The maximum Gasteiger partial charge on any atom is 0.261 e. The van der Waals surface area contributed by atoms with Crippen LogP contribution in [-0.4, -0.2) is 17.2 Å². The number of fused-ring (bicyclic) bond motifs is 5. The van der Waals surface area contributed by atoms with E-state index in [0.717, 1.165) is 33.4 Å². The Morgan fingerprint density at radius 1 is 1.10 bits per heavy atom. The summed E-state index contributed by atoms with van der Waals surface area (Å²) in [6.45, 7) is 4.18. The summed E-state index contributed by atoms with van der Waals surface area (Å²) in [6, 6.07) is 10.3. The van der Waals surface area contributed by atoms with Gasteiger partial charge in [0.25, 0.3) is 5.52 Å². The number of methoxy groups -OCH3 is 1. The zero-order valence-electron chi connectivity index (χ0n) is 12.3. The number of hydrogen-bond acceptors (Lipinski definition) is 2. The molecule has 0 spiro atoms. The first-order valence-electron chi connectivity index (χ1n) is 6.95. The maximum absolute atomic E-state index is 5.29. The number of H-pyrrole nitrogens is 1. The van der Waals surface area contributed by atoms with Crippen LogP contribution < -0.4 is 9.25 Å². The third-order valence-electron chi connectivity index (χ3n) is 4.11. The number of benzene rings is 1. The normalized spacial score (nSPS) is 11.6. The van der Waals surface area contributed by atoms with Crippen LogP contribution in [0.4, 0.5) is 0 Å². The van der Waals surface area contributed by atoms with Gasteiger partial charge in [0.1, 0.15) is 11.3 Å². The van der Waals surface area contributed by atoms with Crippen LogP contribution in [-0.2, 0) is 0 Å². The predicted molar refractivity (Wildman–Crippen MR) is 82.8 cm³/mol. The SMILES string of the molecule is COc1ccc2c(c1)nc1c2cc[n+]2[nH]c(C)c(C)cc12. The average molecular weight is 278 g/mol. The molecule has 4 aromatic rings. The number of pyridine rings is 1. The highest BCUT2D eigenvalue weighted by Gasteiger charge is 2.16. The number of ether oxygens (including phenoxy) is 1. The van der Waals surface area contributed by atoms with Crippen molar-refractivity contribution in [3.05, 3.63) is 47.8 Å². The summed E-state index contributed by atoms with van der Waals surface area (Å²) >= 11 is 0. The van der Waals surface area contributed by atoms with Crippen molar-refractivity contribution in [1.82, 2.24) is 10.1 Å². The molecule has 3 aromatic heterocycles. The van der Waals surface area contributed by atoms with Crippen molar-refractivity contribution in [2.75, 3.05) is 7.11 Å². The molecular formula is C17H16N3O+. The van der Waals surface area contributed by atoms with Crippen molar-refractivity contribution in [1.29, 1.82) is 0 Å². The number of nitrogens with zero attached hydrogens (tertiary/aromatic N) is 2. The molecular weight excluding hydrogens is 262 g/mol. The molecule has 0 amide bonds. The van der Waals surface area contributed by atoms with Crippen LogP contribution in [0.2, 0.25) is 0 Å². The smallest absolute Gasteiger partial charge is 0.261 e. The van der Waals surface area contributed by atoms with Crippen molar-refractivity contribution in [3.63, 3.8) is 0 Å². The van der Waals surface area contributed by atoms with E-state index in [1.807, 2.05) is 16.6 Å². The monoisotopic (exact) mass is 278 g/mol. The van der Waals surface area contributed by atoms with Crippen LogP contribution in [0.3, 0.4) is 0 Å². The molecule has 4 heteroatoms. The summed E-state index contributed by atoms with van der Waals surface area (Å²) in [5.41, 5.74) is 5.46. The largest absolute Gasteiger partial charge is 0.497 e. The number of aryl methyl sites for hydroxylation is 2. The topological polar surface area (TPSA) is 42.0 Å². The zero-order chi connectivity index (χ0) is 14.6. The Morgan fingerprint density at radius 2 is 1.95 bits per heavy atom. The van der Waals surface area contributed by atoms with E-state index in [1.54, 1.807) is 7.11 Å². The quantitative estimate of drug-likeness (QED) is 0.544. The second-order valence-corrected chi connectivity index (χ2v) is 5.39. The molecule has 0 fully saturated rings. The van der Waals surface area contributed by atoms with Gasteiger partial charge in [-0.15, -0.1) is 0 Å². The minimum absolute atomic E-state index is 0.834. The minimum atomic E-state index is 0.834. The molecule has 104 valence electrons. The molecule has 3 heterocycles. The highest BCUT2D eigenvalue weighted by atomic mass is 16.5. The summed E-state index contributed by atoms with van der Waals surface area (Å²) < 4.78 is 7.31. The molecule has 0 saturated heterocycles. The predicted octanol–water partition coefficient (Wildman–Crippen LogP) is 3.08. The van der Waals surface area contributed by atoms with Crippen molar-refractivity contribution in [2.45, 2.75) is 13.8 Å². The van der Waals surface area contributed by atoms with Crippen molar-refractivity contribution >= 4 is 27.3 Å². The van der Waals surface area contributed by atoms with Gasteiger partial charge in [-0.25, -0.2) is 4.98 Å². The molecule has 4 nitrogen and oxygen atoms in total. The third kappa shape index (κ3) is 1.69. The van der Waals surface area contributed by atoms with Gasteiger partial charge >= 0.3 is 0 Å². The van der Waals surface area contributed by atoms with E-state index in [1.165, 1.54) is 10.9 Å². The van der Waals surface area contributed by atoms with Gasteiger partial charge < -0.3 is 4.74 Å². The highest BCUT2D eigenvalue weighted by Crippen LogP contribution is 2.29. The van der Waals surface area contributed by atoms with Crippen molar-refractivity contribution < 1.29 is 9.25 Å². The first kappa shape index (κ1) is 12.1. The van der Waals surface area contributed by atoms with Gasteiger partial charge in [-0.1, -0.05) is 4.52 Å². The molecule has 0 atom stereocenters. The van der Waals surface area contributed by atoms with Crippen molar-refractivity contribution in [2.24, 2.45) is 0 Å². The molecule has 0 aliphatic rings. The molecule has 0 unspecified atom stereocenters. The first-order valence-corrected chi connectivity index (χ1v) is 6.95. The molecule has 0 saturated carbocycles. The van der Waals surface area contributed by atoms with Crippen LogP contribution in [0.25, 0.3) is 27.3 Å². The summed E-state index contributed by atoms with van der Waals surface area (Å²) in [5, 5.41) is 5.70. The van der Waals surface area contributed by atoms with E-state index in [2.05, 4.69) is 43.3 Å². The van der Waals surface area contributed by atoms with E-state index in [9.17, 15) is 0 Å². The van der Waals surface area contributed by atoms with Crippen LogP contribution in [0.15, 0.2) is 36.5 Å². The lowest BCUT2D eigenvalue weighted by Gasteiger charge is -1.99. The highest BCUT2D eigenvalue weighted by molar-refractivity contribution is 6.11. The van der Waals surface area contributed by atoms with Crippen LogP contribution in [0.1, 0.15) is 11.3 Å². The van der Waals surface area contributed by atoms with Gasteiger partial charge in [-0.05, 0) is 31.5 Å². The number of aromatic amines is 1. The second-order valence-electron chi connectivity index (χ2n) is 5.39. The van der Waals surface area contributed by atoms with Crippen LogP contribution in [0.5, 0.6) is 5.75 Å². The van der Waals surface area contributed by atoms with E-state index >= 15 is 0 Å². The Kier molecular flexibility index (Phi) is 2.42. The summed E-state index contributed by atoms with van der Waals surface area (Å²) in [5.74, 6) is 0.834. The van der Waals surface area contributed by atoms with E-state index in [4.69, 9.17) is 9.72 Å². The fourth-order valence-electron chi connectivity index (χ4n) is 2.79. The molecule has 4 rings (SSSR count). The second kappa shape index (κ2) is 4.19.